The summed E-state index contributed by atoms with van der Waals surface area (Å²) >= 11 is 0. The van der Waals surface area contributed by atoms with E-state index in [2.05, 4.69) is 13.1 Å². The summed E-state index contributed by atoms with van der Waals surface area (Å²) in [5.41, 5.74) is 0. The van der Waals surface area contributed by atoms with Gasteiger partial charge in [0.25, 0.3) is 0 Å². The standard InChI is InChI=1S/C4H16OSi3/c1-8(2)4-3-7-5-6/h8H,3-4,7H2,1-2,6H3. The van der Waals surface area contributed by atoms with Gasteiger partial charge in [-0.1, -0.05) is 19.1 Å². The third kappa shape index (κ3) is 6.61. The second-order valence-electron chi connectivity index (χ2n) is 2.53. The fourth-order valence-corrected chi connectivity index (χ4v) is 5.72. The first-order chi connectivity index (χ1) is 3.77. The van der Waals surface area contributed by atoms with E-state index >= 15 is 0 Å². The zero-order chi connectivity index (χ0) is 6.41. The van der Waals surface area contributed by atoms with Crippen molar-refractivity contribution in [2.24, 2.45) is 0 Å². The molecule has 4 heteroatoms. The van der Waals surface area contributed by atoms with Crippen molar-refractivity contribution in [3.8, 4) is 0 Å². The van der Waals surface area contributed by atoms with Gasteiger partial charge in [-0.3, -0.25) is 0 Å². The zero-order valence-corrected chi connectivity index (χ0v) is 10.7. The Morgan fingerprint density at radius 1 is 1.62 bits per heavy atom. The van der Waals surface area contributed by atoms with Gasteiger partial charge in [-0.05, 0) is 6.04 Å². The predicted octanol–water partition coefficient (Wildman–Crippen LogP) is -0.728. The lowest BCUT2D eigenvalue weighted by molar-refractivity contribution is 0.662. The summed E-state index contributed by atoms with van der Waals surface area (Å²) in [5, 5.41) is 0. The van der Waals surface area contributed by atoms with Crippen LogP contribution in [0.2, 0.25) is 25.2 Å². The highest BCUT2D eigenvalue weighted by Crippen LogP contribution is 1.95. The maximum absolute atomic E-state index is 5.19. The molecule has 0 aromatic heterocycles. The Kier molecular flexibility index (Phi) is 6.18. The molecule has 0 saturated carbocycles. The largest absolute Gasteiger partial charge is 0.468 e. The van der Waals surface area contributed by atoms with Crippen LogP contribution in [0.15, 0.2) is 0 Å². The van der Waals surface area contributed by atoms with Gasteiger partial charge < -0.3 is 4.12 Å². The zero-order valence-electron chi connectivity index (χ0n) is 6.11. The van der Waals surface area contributed by atoms with Crippen LogP contribution in [-0.2, 0) is 4.12 Å². The molecule has 0 aliphatic heterocycles. The third-order valence-electron chi connectivity index (χ3n) is 1.13. The molecule has 0 rings (SSSR count). The molecule has 0 amide bonds. The summed E-state index contributed by atoms with van der Waals surface area (Å²) in [6.07, 6.45) is 0. The van der Waals surface area contributed by atoms with Gasteiger partial charge in [-0.2, -0.15) is 0 Å². The highest BCUT2D eigenvalue weighted by Gasteiger charge is 1.93. The molecule has 0 bridgehead atoms. The average Bonchev–Trinajstić information content (AvgIpc) is 1.66. The van der Waals surface area contributed by atoms with E-state index in [1.807, 2.05) is 0 Å². The molecule has 0 aliphatic carbocycles. The van der Waals surface area contributed by atoms with Crippen LogP contribution in [-0.4, -0.2) is 29.0 Å². The van der Waals surface area contributed by atoms with Crippen LogP contribution in [0.3, 0.4) is 0 Å². The fourth-order valence-electron chi connectivity index (χ4n) is 0.636. The molecule has 0 radical (unpaired) electrons. The first-order valence-electron chi connectivity index (χ1n) is 3.26. The fraction of sp³-hybridized carbons (Fsp3) is 1.00. The third-order valence-corrected chi connectivity index (χ3v) is 5.84. The number of rotatable bonds is 4. The molecule has 0 N–H and O–H groups in total. The summed E-state index contributed by atoms with van der Waals surface area (Å²) in [4.78, 5) is 0. The lowest BCUT2D eigenvalue weighted by Gasteiger charge is -1.99. The van der Waals surface area contributed by atoms with Crippen LogP contribution in [0.4, 0.5) is 0 Å². The monoisotopic (exact) mass is 164 g/mol. The van der Waals surface area contributed by atoms with E-state index in [9.17, 15) is 0 Å². The molecule has 50 valence electrons. The second kappa shape index (κ2) is 5.74. The molecule has 0 aromatic carbocycles. The predicted molar refractivity (Wildman–Crippen MR) is 48.1 cm³/mol. The Balaban J connectivity index is 2.72. The van der Waals surface area contributed by atoms with Gasteiger partial charge in [0, 0.05) is 8.80 Å². The van der Waals surface area contributed by atoms with Gasteiger partial charge in [0.1, 0.15) is 20.2 Å². The molecule has 0 heterocycles. The minimum atomic E-state index is -0.232. The number of hydrogen-bond donors (Lipinski definition) is 0. The summed E-state index contributed by atoms with van der Waals surface area (Å²) < 4.78 is 5.19. The van der Waals surface area contributed by atoms with E-state index in [-0.39, 0.29) is 18.6 Å². The highest BCUT2D eigenvalue weighted by molar-refractivity contribution is 6.57. The maximum Gasteiger partial charge on any atom is 0.145 e. The molecular weight excluding hydrogens is 148 g/mol. The minimum absolute atomic E-state index is 0.0246. The Morgan fingerprint density at radius 2 is 2.25 bits per heavy atom. The molecule has 0 unspecified atom stereocenters. The summed E-state index contributed by atoms with van der Waals surface area (Å²) in [6, 6.07) is 2.95. The molecule has 0 aromatic rings. The molecule has 0 aliphatic rings. The van der Waals surface area contributed by atoms with Crippen molar-refractivity contribution in [1.29, 1.82) is 0 Å². The number of hydrogen-bond acceptors (Lipinski definition) is 1. The Bertz CT molecular complexity index is 48.5. The molecule has 8 heavy (non-hydrogen) atoms. The van der Waals surface area contributed by atoms with Gasteiger partial charge >= 0.3 is 0 Å². The maximum atomic E-state index is 5.19. The first kappa shape index (κ1) is 8.61. The normalized spacial score (nSPS) is 12.4. The molecule has 0 spiro atoms. The molecular formula is C4H16OSi3. The van der Waals surface area contributed by atoms with Crippen LogP contribution >= 0.6 is 0 Å². The molecule has 0 atom stereocenters. The van der Waals surface area contributed by atoms with Crippen molar-refractivity contribution in [3.63, 3.8) is 0 Å². The van der Waals surface area contributed by atoms with Crippen molar-refractivity contribution in [2.75, 3.05) is 0 Å². The van der Waals surface area contributed by atoms with Crippen molar-refractivity contribution in [3.05, 3.63) is 0 Å². The van der Waals surface area contributed by atoms with Crippen LogP contribution in [0.1, 0.15) is 0 Å². The van der Waals surface area contributed by atoms with Gasteiger partial charge in [0.15, 0.2) is 0 Å². The van der Waals surface area contributed by atoms with Crippen molar-refractivity contribution in [2.45, 2.75) is 25.2 Å². The molecule has 0 saturated heterocycles. The average molecular weight is 164 g/mol. The second-order valence-corrected chi connectivity index (χ2v) is 9.32. The highest BCUT2D eigenvalue weighted by atomic mass is 28.3. The first-order valence-corrected chi connectivity index (χ1v) is 8.78. The van der Waals surface area contributed by atoms with E-state index in [1.165, 1.54) is 12.1 Å². The SMILES string of the molecule is C[SiH](C)CC[SiH2]O[SiH3]. The van der Waals surface area contributed by atoms with E-state index in [4.69, 9.17) is 4.12 Å². The Labute approximate surface area is 58.9 Å². The van der Waals surface area contributed by atoms with Gasteiger partial charge in [0.05, 0.1) is 0 Å². The lowest BCUT2D eigenvalue weighted by atomic mass is 10.9. The summed E-state index contributed by atoms with van der Waals surface area (Å²) in [5.74, 6) is 0. The van der Waals surface area contributed by atoms with E-state index < -0.39 is 0 Å². The van der Waals surface area contributed by atoms with Gasteiger partial charge in [-0.15, -0.1) is 0 Å². The van der Waals surface area contributed by atoms with Gasteiger partial charge in [0.2, 0.25) is 0 Å². The Morgan fingerprint density at radius 3 is 2.62 bits per heavy atom. The minimum Gasteiger partial charge on any atom is -0.468 e. The van der Waals surface area contributed by atoms with E-state index in [1.54, 1.807) is 0 Å². The van der Waals surface area contributed by atoms with Crippen molar-refractivity contribution < 1.29 is 4.12 Å². The van der Waals surface area contributed by atoms with Gasteiger partial charge in [-0.25, -0.2) is 0 Å². The van der Waals surface area contributed by atoms with E-state index in [0.29, 0.717) is 0 Å². The van der Waals surface area contributed by atoms with Crippen molar-refractivity contribution in [1.82, 2.24) is 0 Å². The van der Waals surface area contributed by atoms with Crippen LogP contribution in [0.5, 0.6) is 0 Å². The lowest BCUT2D eigenvalue weighted by Crippen LogP contribution is -2.02. The van der Waals surface area contributed by atoms with Crippen LogP contribution in [0.25, 0.3) is 0 Å². The van der Waals surface area contributed by atoms with Crippen molar-refractivity contribution >= 4 is 29.0 Å². The van der Waals surface area contributed by atoms with E-state index in [0.717, 1.165) is 10.5 Å². The van der Waals surface area contributed by atoms with Crippen LogP contribution in [0, 0.1) is 0 Å². The Hall–Kier alpha value is 0.611. The van der Waals surface area contributed by atoms with Crippen LogP contribution < -0.4 is 0 Å². The summed E-state index contributed by atoms with van der Waals surface area (Å²) in [6.45, 7) is 4.81. The summed E-state index contributed by atoms with van der Waals surface area (Å²) in [7, 11) is 0.720. The molecule has 0 fully saturated rings. The quantitative estimate of drug-likeness (QED) is 0.393. The smallest absolute Gasteiger partial charge is 0.145 e. The topological polar surface area (TPSA) is 9.23 Å². The molecule has 1 nitrogen and oxygen atoms in total.